The lowest BCUT2D eigenvalue weighted by molar-refractivity contribution is 0.0997. The van der Waals surface area contributed by atoms with Gasteiger partial charge in [0, 0.05) is 28.5 Å². The van der Waals surface area contributed by atoms with Gasteiger partial charge in [-0.1, -0.05) is 30.3 Å². The van der Waals surface area contributed by atoms with Crippen LogP contribution in [0.3, 0.4) is 0 Å². The van der Waals surface area contributed by atoms with Gasteiger partial charge in [-0.15, -0.1) is 11.3 Å². The van der Waals surface area contributed by atoms with Gasteiger partial charge in [0.2, 0.25) is 0 Å². The van der Waals surface area contributed by atoms with Crippen molar-refractivity contribution in [1.29, 1.82) is 0 Å². The van der Waals surface area contributed by atoms with Crippen molar-refractivity contribution in [3.63, 3.8) is 0 Å². The van der Waals surface area contributed by atoms with Crippen molar-refractivity contribution in [2.45, 2.75) is 0 Å². The molecule has 0 aliphatic carbocycles. The van der Waals surface area contributed by atoms with Crippen LogP contribution in [0.15, 0.2) is 72.8 Å². The van der Waals surface area contributed by atoms with Crippen molar-refractivity contribution in [2.75, 3.05) is 17.7 Å². The van der Waals surface area contributed by atoms with Crippen LogP contribution in [0.25, 0.3) is 21.2 Å². The van der Waals surface area contributed by atoms with Crippen LogP contribution >= 0.6 is 11.3 Å². The first-order valence-electron chi connectivity index (χ1n) is 8.45. The first kappa shape index (κ1) is 17.2. The van der Waals surface area contributed by atoms with Crippen LogP contribution in [0.1, 0.15) is 9.67 Å². The molecule has 0 radical (unpaired) electrons. The number of nitrogen functional groups attached to an aromatic ring is 1. The Morgan fingerprint density at radius 1 is 1.00 bits per heavy atom. The van der Waals surface area contributed by atoms with Crippen LogP contribution < -0.4 is 10.6 Å². The smallest absolute Gasteiger partial charge is 0.268 e. The van der Waals surface area contributed by atoms with Crippen molar-refractivity contribution in [3.05, 3.63) is 83.5 Å². The van der Waals surface area contributed by atoms with E-state index in [9.17, 15) is 9.18 Å². The van der Waals surface area contributed by atoms with Gasteiger partial charge in [0.05, 0.1) is 4.88 Å². The van der Waals surface area contributed by atoms with Crippen LogP contribution in [0.4, 0.5) is 15.8 Å². The fraction of sp³-hybridized carbons (Fsp3) is 0.0455. The second-order valence-corrected chi connectivity index (χ2v) is 7.38. The van der Waals surface area contributed by atoms with Crippen molar-refractivity contribution in [3.8, 4) is 11.1 Å². The molecule has 3 aromatic carbocycles. The normalized spacial score (nSPS) is 10.9. The maximum atomic E-state index is 13.2. The summed E-state index contributed by atoms with van der Waals surface area (Å²) in [7, 11) is 1.74. The molecule has 134 valence electrons. The van der Waals surface area contributed by atoms with E-state index in [1.807, 2.05) is 36.4 Å². The summed E-state index contributed by atoms with van der Waals surface area (Å²) in [5, 5.41) is 0.985. The number of nitrogens with zero attached hydrogens (tertiary/aromatic N) is 1. The Balaban J connectivity index is 1.74. The molecule has 0 atom stereocenters. The number of nitrogens with two attached hydrogens (primary N) is 1. The van der Waals surface area contributed by atoms with Crippen molar-refractivity contribution < 1.29 is 9.18 Å². The summed E-state index contributed by atoms with van der Waals surface area (Å²) in [5.41, 5.74) is 9.09. The molecule has 0 unspecified atom stereocenters. The van der Waals surface area contributed by atoms with Crippen molar-refractivity contribution in [2.24, 2.45) is 0 Å². The number of hydrogen-bond donors (Lipinski definition) is 1. The predicted octanol–water partition coefficient (Wildman–Crippen LogP) is 5.57. The Labute approximate surface area is 160 Å². The number of thiophene rings is 1. The summed E-state index contributed by atoms with van der Waals surface area (Å²) in [6, 6.07) is 21.5. The van der Waals surface area contributed by atoms with Gasteiger partial charge in [0.1, 0.15) is 5.82 Å². The first-order chi connectivity index (χ1) is 13.0. The van der Waals surface area contributed by atoms with Gasteiger partial charge in [-0.2, -0.15) is 0 Å². The summed E-state index contributed by atoms with van der Waals surface area (Å²) < 4.78 is 14.3. The number of benzene rings is 3. The van der Waals surface area contributed by atoms with E-state index in [2.05, 4.69) is 0 Å². The Hall–Kier alpha value is -3.18. The molecule has 3 nitrogen and oxygen atoms in total. The van der Waals surface area contributed by atoms with E-state index in [1.165, 1.54) is 23.5 Å². The highest BCUT2D eigenvalue weighted by molar-refractivity contribution is 7.21. The zero-order valence-electron chi connectivity index (χ0n) is 14.6. The molecule has 1 heterocycles. The molecule has 0 spiro atoms. The molecule has 4 rings (SSSR count). The molecule has 0 fully saturated rings. The predicted molar refractivity (Wildman–Crippen MR) is 111 cm³/mol. The molecule has 2 N–H and O–H groups in total. The van der Waals surface area contributed by atoms with Gasteiger partial charge in [-0.05, 0) is 53.6 Å². The van der Waals surface area contributed by atoms with Gasteiger partial charge in [-0.3, -0.25) is 4.79 Å². The summed E-state index contributed by atoms with van der Waals surface area (Å²) >= 11 is 1.45. The molecule has 4 aromatic rings. The maximum Gasteiger partial charge on any atom is 0.268 e. The summed E-state index contributed by atoms with van der Waals surface area (Å²) in [4.78, 5) is 15.2. The van der Waals surface area contributed by atoms with E-state index < -0.39 is 0 Å². The zero-order valence-corrected chi connectivity index (χ0v) is 15.5. The van der Waals surface area contributed by atoms with E-state index in [4.69, 9.17) is 5.73 Å². The third kappa shape index (κ3) is 3.29. The van der Waals surface area contributed by atoms with Gasteiger partial charge in [-0.25, -0.2) is 4.39 Å². The molecular weight excluding hydrogens is 359 g/mol. The Bertz CT molecular complexity index is 1130. The van der Waals surface area contributed by atoms with E-state index in [0.717, 1.165) is 26.9 Å². The minimum atomic E-state index is -0.268. The summed E-state index contributed by atoms with van der Waals surface area (Å²) in [5.74, 6) is -0.359. The van der Waals surface area contributed by atoms with Crippen LogP contribution in [0.5, 0.6) is 0 Å². The van der Waals surface area contributed by atoms with Crippen LogP contribution in [-0.2, 0) is 0 Å². The van der Waals surface area contributed by atoms with Crippen molar-refractivity contribution >= 4 is 38.7 Å². The number of anilines is 2. The van der Waals surface area contributed by atoms with E-state index in [-0.39, 0.29) is 11.7 Å². The highest BCUT2D eigenvalue weighted by Gasteiger charge is 2.18. The second kappa shape index (κ2) is 6.85. The topological polar surface area (TPSA) is 46.3 Å². The Morgan fingerprint density at radius 3 is 2.48 bits per heavy atom. The number of halogens is 1. The molecule has 1 aromatic heterocycles. The minimum absolute atomic E-state index is 0.0909. The minimum Gasteiger partial charge on any atom is -0.399 e. The average Bonchev–Trinajstić information content (AvgIpc) is 3.12. The monoisotopic (exact) mass is 376 g/mol. The Morgan fingerprint density at radius 2 is 1.74 bits per heavy atom. The van der Waals surface area contributed by atoms with Crippen LogP contribution in [0, 0.1) is 5.82 Å². The number of rotatable bonds is 3. The zero-order chi connectivity index (χ0) is 19.0. The third-order valence-electron chi connectivity index (χ3n) is 4.49. The number of amides is 1. The average molecular weight is 376 g/mol. The number of hydrogen-bond acceptors (Lipinski definition) is 3. The van der Waals surface area contributed by atoms with Gasteiger partial charge < -0.3 is 10.6 Å². The quantitative estimate of drug-likeness (QED) is 0.475. The fourth-order valence-electron chi connectivity index (χ4n) is 3.06. The highest BCUT2D eigenvalue weighted by atomic mass is 32.1. The number of carbonyl (C=O) groups is 1. The molecule has 27 heavy (non-hydrogen) atoms. The third-order valence-corrected chi connectivity index (χ3v) is 5.58. The fourth-order valence-corrected chi connectivity index (χ4v) is 4.13. The molecule has 5 heteroatoms. The SMILES string of the molecule is CN(C(=O)c1cc2c(-c3ccc(F)cc3)cccc2s1)c1cccc(N)c1. The first-order valence-corrected chi connectivity index (χ1v) is 9.27. The lowest BCUT2D eigenvalue weighted by Crippen LogP contribution is -2.25. The largest absolute Gasteiger partial charge is 0.399 e. The van der Waals surface area contributed by atoms with E-state index in [1.54, 1.807) is 36.2 Å². The lowest BCUT2D eigenvalue weighted by atomic mass is 10.0. The van der Waals surface area contributed by atoms with Crippen LogP contribution in [0.2, 0.25) is 0 Å². The van der Waals surface area contributed by atoms with E-state index in [0.29, 0.717) is 10.6 Å². The van der Waals surface area contributed by atoms with Gasteiger partial charge in [0.25, 0.3) is 5.91 Å². The van der Waals surface area contributed by atoms with Gasteiger partial charge >= 0.3 is 0 Å². The molecule has 0 bridgehead atoms. The Kier molecular flexibility index (Phi) is 4.38. The molecule has 0 saturated heterocycles. The molecule has 1 amide bonds. The maximum absolute atomic E-state index is 13.2. The van der Waals surface area contributed by atoms with Crippen LogP contribution in [-0.4, -0.2) is 13.0 Å². The summed E-state index contributed by atoms with van der Waals surface area (Å²) in [6.07, 6.45) is 0. The molecular formula is C22H17FN2OS. The second-order valence-electron chi connectivity index (χ2n) is 6.29. The molecule has 0 aliphatic rings. The number of fused-ring (bicyclic) bond motifs is 1. The van der Waals surface area contributed by atoms with E-state index >= 15 is 0 Å². The molecule has 0 saturated carbocycles. The molecule has 0 aliphatic heterocycles. The number of carbonyl (C=O) groups excluding carboxylic acids is 1. The summed E-state index contributed by atoms with van der Waals surface area (Å²) in [6.45, 7) is 0. The van der Waals surface area contributed by atoms with Crippen molar-refractivity contribution in [1.82, 2.24) is 0 Å². The highest BCUT2D eigenvalue weighted by Crippen LogP contribution is 2.35. The standard InChI is InChI=1S/C22H17FN2OS/c1-25(17-5-2-4-16(24)12-17)22(26)21-13-19-18(6-3-7-20(19)27-21)14-8-10-15(23)11-9-14/h2-13H,24H2,1H3. The van der Waals surface area contributed by atoms with Gasteiger partial charge in [0.15, 0.2) is 0 Å². The lowest BCUT2D eigenvalue weighted by Gasteiger charge is -2.16.